The molecule has 0 spiro atoms. The number of nitrogens with zero attached hydrogens (tertiary/aromatic N) is 4. The topological polar surface area (TPSA) is 98.7 Å². The maximum Gasteiger partial charge on any atom is 0.420 e. The Bertz CT molecular complexity index is 1390. The molecule has 13 heteroatoms. The van der Waals surface area contributed by atoms with Crippen molar-refractivity contribution in [3.05, 3.63) is 82.2 Å². The second-order valence-electron chi connectivity index (χ2n) is 6.91. The van der Waals surface area contributed by atoms with Gasteiger partial charge in [0.15, 0.2) is 5.82 Å². The molecule has 7 nitrogen and oxygen atoms in total. The van der Waals surface area contributed by atoms with Crippen LogP contribution >= 0.6 is 15.9 Å². The standard InChI is InChI=1S/C21H12BrF5N6O/c22-16-7-13(12-2-1-10(23)5-18(12)28)17(24)8-14(16)20(34)32-11-6-15(21(25,26)27)19(29-9-11)33-30-3-4-31-33/h1-9H,28H2,(H,32,34). The lowest BCUT2D eigenvalue weighted by atomic mass is 10.0. The summed E-state index contributed by atoms with van der Waals surface area (Å²) in [6.45, 7) is 0. The summed E-state index contributed by atoms with van der Waals surface area (Å²) in [5, 5.41) is 9.55. The summed E-state index contributed by atoms with van der Waals surface area (Å²) in [5.41, 5.74) is 4.27. The number of carbonyl (C=O) groups excluding carboxylic acids is 1. The molecule has 0 saturated heterocycles. The van der Waals surface area contributed by atoms with Crippen LogP contribution in [0.1, 0.15) is 15.9 Å². The number of alkyl halides is 3. The predicted molar refractivity (Wildman–Crippen MR) is 116 cm³/mol. The SMILES string of the molecule is Nc1cc(F)ccc1-c1cc(Br)c(C(=O)Nc2cnc(-n3nccn3)c(C(F)(F)F)c2)cc1F. The Morgan fingerprint density at radius 3 is 2.38 bits per heavy atom. The summed E-state index contributed by atoms with van der Waals surface area (Å²) < 4.78 is 68.9. The first-order chi connectivity index (χ1) is 16.0. The van der Waals surface area contributed by atoms with Gasteiger partial charge in [-0.15, -0.1) is 4.80 Å². The van der Waals surface area contributed by atoms with Gasteiger partial charge in [-0.1, -0.05) is 0 Å². The molecular weight excluding hydrogens is 527 g/mol. The Labute approximate surface area is 196 Å². The lowest BCUT2D eigenvalue weighted by Crippen LogP contribution is -2.17. The van der Waals surface area contributed by atoms with Gasteiger partial charge in [-0.3, -0.25) is 4.79 Å². The summed E-state index contributed by atoms with van der Waals surface area (Å²) in [6.07, 6.45) is -1.45. The minimum absolute atomic E-state index is 0.00183. The zero-order valence-electron chi connectivity index (χ0n) is 16.7. The fourth-order valence-corrected chi connectivity index (χ4v) is 3.65. The quantitative estimate of drug-likeness (QED) is 0.274. The van der Waals surface area contributed by atoms with E-state index in [0.717, 1.165) is 24.4 Å². The molecule has 2 aromatic carbocycles. The Morgan fingerprint density at radius 1 is 1.03 bits per heavy atom. The van der Waals surface area contributed by atoms with E-state index in [1.165, 1.54) is 24.5 Å². The number of hydrogen-bond donors (Lipinski definition) is 2. The van der Waals surface area contributed by atoms with Gasteiger partial charge in [-0.2, -0.15) is 23.4 Å². The molecule has 3 N–H and O–H groups in total. The van der Waals surface area contributed by atoms with Gasteiger partial charge in [0.05, 0.1) is 29.8 Å². The number of nitrogens with two attached hydrogens (primary N) is 1. The lowest BCUT2D eigenvalue weighted by Gasteiger charge is -2.14. The Morgan fingerprint density at radius 2 is 1.74 bits per heavy atom. The van der Waals surface area contributed by atoms with Crippen LogP contribution in [0.2, 0.25) is 0 Å². The van der Waals surface area contributed by atoms with E-state index in [-0.39, 0.29) is 32.5 Å². The van der Waals surface area contributed by atoms with Crippen LogP contribution in [0.4, 0.5) is 33.3 Å². The van der Waals surface area contributed by atoms with E-state index in [2.05, 4.69) is 36.4 Å². The highest BCUT2D eigenvalue weighted by atomic mass is 79.9. The third kappa shape index (κ3) is 4.59. The van der Waals surface area contributed by atoms with Crippen molar-refractivity contribution in [3.8, 4) is 16.9 Å². The number of anilines is 2. The van der Waals surface area contributed by atoms with Gasteiger partial charge in [0, 0.05) is 21.3 Å². The molecule has 0 unspecified atom stereocenters. The molecule has 4 rings (SSSR count). The third-order valence-corrected chi connectivity index (χ3v) is 5.30. The molecule has 2 heterocycles. The Kier molecular flexibility index (Phi) is 6.04. The van der Waals surface area contributed by atoms with E-state index in [9.17, 15) is 26.7 Å². The average molecular weight is 539 g/mol. The zero-order valence-corrected chi connectivity index (χ0v) is 18.3. The van der Waals surface area contributed by atoms with E-state index in [4.69, 9.17) is 5.73 Å². The molecule has 0 bridgehead atoms. The molecule has 0 aliphatic carbocycles. The molecule has 174 valence electrons. The fourth-order valence-electron chi connectivity index (χ4n) is 3.12. The van der Waals surface area contributed by atoms with Crippen LogP contribution in [0.5, 0.6) is 0 Å². The molecule has 1 amide bonds. The molecule has 0 fully saturated rings. The molecule has 0 radical (unpaired) electrons. The number of carbonyl (C=O) groups is 1. The van der Waals surface area contributed by atoms with E-state index in [1.54, 1.807) is 0 Å². The molecule has 0 aliphatic heterocycles. The van der Waals surface area contributed by atoms with Crippen molar-refractivity contribution in [2.45, 2.75) is 6.18 Å². The maximum absolute atomic E-state index is 14.8. The summed E-state index contributed by atoms with van der Waals surface area (Å²) in [4.78, 5) is 17.1. The fraction of sp³-hybridized carbons (Fsp3) is 0.0476. The third-order valence-electron chi connectivity index (χ3n) is 4.64. The normalized spacial score (nSPS) is 11.5. The highest BCUT2D eigenvalue weighted by Gasteiger charge is 2.36. The molecule has 4 aromatic rings. The second kappa shape index (κ2) is 8.82. The number of hydrogen-bond acceptors (Lipinski definition) is 5. The van der Waals surface area contributed by atoms with Crippen molar-refractivity contribution in [2.24, 2.45) is 0 Å². The van der Waals surface area contributed by atoms with Crippen molar-refractivity contribution in [1.82, 2.24) is 20.0 Å². The van der Waals surface area contributed by atoms with Crippen molar-refractivity contribution in [2.75, 3.05) is 11.1 Å². The van der Waals surface area contributed by atoms with Gasteiger partial charge in [0.1, 0.15) is 17.2 Å². The number of halogens is 6. The molecule has 0 saturated carbocycles. The minimum Gasteiger partial charge on any atom is -0.398 e. The number of nitrogens with one attached hydrogen (secondary N) is 1. The molecule has 34 heavy (non-hydrogen) atoms. The van der Waals surface area contributed by atoms with Crippen LogP contribution in [0.25, 0.3) is 16.9 Å². The first-order valence-electron chi connectivity index (χ1n) is 9.34. The number of nitrogen functional groups attached to an aromatic ring is 1. The average Bonchev–Trinajstić information content (AvgIpc) is 3.29. The van der Waals surface area contributed by atoms with Gasteiger partial charge in [0.2, 0.25) is 0 Å². The molecular formula is C21H12BrF5N6O. The van der Waals surface area contributed by atoms with Gasteiger partial charge in [-0.05, 0) is 52.3 Å². The monoisotopic (exact) mass is 538 g/mol. The van der Waals surface area contributed by atoms with Gasteiger partial charge in [-0.25, -0.2) is 13.8 Å². The van der Waals surface area contributed by atoms with Crippen molar-refractivity contribution in [3.63, 3.8) is 0 Å². The highest BCUT2D eigenvalue weighted by molar-refractivity contribution is 9.10. The van der Waals surface area contributed by atoms with Crippen LogP contribution in [0.15, 0.2) is 59.5 Å². The lowest BCUT2D eigenvalue weighted by molar-refractivity contribution is -0.137. The van der Waals surface area contributed by atoms with E-state index in [0.29, 0.717) is 10.9 Å². The number of amides is 1. The summed E-state index contributed by atoms with van der Waals surface area (Å²) >= 11 is 3.16. The highest BCUT2D eigenvalue weighted by Crippen LogP contribution is 2.35. The van der Waals surface area contributed by atoms with Crippen molar-refractivity contribution >= 4 is 33.2 Å². The van der Waals surface area contributed by atoms with E-state index >= 15 is 0 Å². The largest absolute Gasteiger partial charge is 0.420 e. The van der Waals surface area contributed by atoms with Crippen molar-refractivity contribution in [1.29, 1.82) is 0 Å². The van der Waals surface area contributed by atoms with Crippen LogP contribution < -0.4 is 11.1 Å². The van der Waals surface area contributed by atoms with Gasteiger partial charge < -0.3 is 11.1 Å². The molecule has 0 aliphatic rings. The van der Waals surface area contributed by atoms with Crippen LogP contribution in [-0.4, -0.2) is 25.9 Å². The molecule has 2 aromatic heterocycles. The van der Waals surface area contributed by atoms with Gasteiger partial charge in [0.25, 0.3) is 5.91 Å². The van der Waals surface area contributed by atoms with Crippen LogP contribution in [0, 0.1) is 11.6 Å². The molecule has 0 atom stereocenters. The summed E-state index contributed by atoms with van der Waals surface area (Å²) in [5.74, 6) is -2.92. The number of aromatic nitrogens is 4. The smallest absolute Gasteiger partial charge is 0.398 e. The Balaban J connectivity index is 1.66. The summed E-state index contributed by atoms with van der Waals surface area (Å²) in [6, 6.07) is 6.23. The maximum atomic E-state index is 14.8. The first kappa shape index (κ1) is 23.3. The second-order valence-corrected chi connectivity index (χ2v) is 7.76. The van der Waals surface area contributed by atoms with E-state index in [1.807, 2.05) is 0 Å². The minimum atomic E-state index is -4.82. The Hall–Kier alpha value is -3.87. The number of rotatable bonds is 4. The predicted octanol–water partition coefficient (Wildman–Crippen LogP) is 5.22. The van der Waals surface area contributed by atoms with Crippen LogP contribution in [0.3, 0.4) is 0 Å². The number of benzene rings is 2. The first-order valence-corrected chi connectivity index (χ1v) is 10.1. The number of pyridine rings is 1. The summed E-state index contributed by atoms with van der Waals surface area (Å²) in [7, 11) is 0. The van der Waals surface area contributed by atoms with Crippen LogP contribution in [-0.2, 0) is 6.18 Å². The zero-order chi connectivity index (χ0) is 24.6. The van der Waals surface area contributed by atoms with Gasteiger partial charge >= 0.3 is 6.18 Å². The van der Waals surface area contributed by atoms with E-state index < -0.39 is 35.1 Å². The van der Waals surface area contributed by atoms with Crippen molar-refractivity contribution < 1.29 is 26.7 Å².